The predicted molar refractivity (Wildman–Crippen MR) is 277 cm³/mol. The summed E-state index contributed by atoms with van der Waals surface area (Å²) >= 11 is 0. The normalized spacial score (nSPS) is 9.25. The van der Waals surface area contributed by atoms with Gasteiger partial charge in [-0.2, -0.15) is 5.26 Å². The van der Waals surface area contributed by atoms with Crippen LogP contribution < -0.4 is 0 Å². The second kappa shape index (κ2) is 34.6. The first-order valence-corrected chi connectivity index (χ1v) is 21.6. The molecule has 8 nitrogen and oxygen atoms in total. The SMILES string of the molecule is C.C/C=C/c1ccc(C)cc1C(=O)OCC.C=C(C)c1ccccc1.CCOC(=O)c1ccc(C)cc1.CCOC(=O)c1cccc(C)c1.Cc1ccccc1C#N.[C-]#[N+]c1ccc(C)cc1. The lowest BCUT2D eigenvalue weighted by molar-refractivity contribution is 0.0516. The van der Waals surface area contributed by atoms with Gasteiger partial charge in [-0.1, -0.05) is 163 Å². The van der Waals surface area contributed by atoms with E-state index in [0.29, 0.717) is 42.2 Å². The molecule has 0 aliphatic rings. The zero-order chi connectivity index (χ0) is 49.3. The second-order valence-electron chi connectivity index (χ2n) is 14.5. The van der Waals surface area contributed by atoms with E-state index in [1.807, 2.05) is 183 Å². The van der Waals surface area contributed by atoms with E-state index in [4.69, 9.17) is 26.0 Å². The molecule has 350 valence electrons. The molecule has 6 rings (SSSR count). The van der Waals surface area contributed by atoms with Gasteiger partial charge in [0.05, 0.1) is 54.7 Å². The summed E-state index contributed by atoms with van der Waals surface area (Å²) in [6.45, 7) is 30.9. The fourth-order valence-corrected chi connectivity index (χ4v) is 5.31. The number of hydrogen-bond acceptors (Lipinski definition) is 7. The van der Waals surface area contributed by atoms with Crippen LogP contribution in [0.25, 0.3) is 16.5 Å². The maximum atomic E-state index is 11.6. The van der Waals surface area contributed by atoms with Crippen LogP contribution in [0, 0.1) is 52.5 Å². The van der Waals surface area contributed by atoms with Crippen LogP contribution >= 0.6 is 0 Å². The molecule has 0 amide bonds. The summed E-state index contributed by atoms with van der Waals surface area (Å²) in [4.78, 5) is 37.2. The number of rotatable bonds is 8. The summed E-state index contributed by atoms with van der Waals surface area (Å²) < 4.78 is 14.7. The Morgan fingerprint density at radius 3 is 1.54 bits per heavy atom. The Kier molecular flexibility index (Phi) is 30.5. The minimum Gasteiger partial charge on any atom is -0.462 e. The Morgan fingerprint density at radius 1 is 0.597 bits per heavy atom. The average Bonchev–Trinajstić information content (AvgIpc) is 3.32. The first kappa shape index (κ1) is 59.2. The van der Waals surface area contributed by atoms with Gasteiger partial charge in [-0.25, -0.2) is 19.2 Å². The lowest BCUT2D eigenvalue weighted by atomic mass is 10.0. The monoisotopic (exact) mass is 901 g/mol. The molecule has 0 aliphatic heterocycles. The van der Waals surface area contributed by atoms with E-state index in [-0.39, 0.29) is 25.3 Å². The predicted octanol–water partition coefficient (Wildman–Crippen LogP) is 15.3. The molecule has 0 radical (unpaired) electrons. The molecule has 0 bridgehead atoms. The standard InChI is InChI=1S/C13H16O2.2C10H12O2.C9H10.2C8H7N.CH4/c1-4-6-11-8-7-10(3)9-12(11)13(14)15-5-2;1-3-12-10(11)9-6-4-8(2)5-7-9;1-3-12-10(11)9-6-4-5-8(2)7-9;1-8(2)9-6-4-3-5-7-9;1-7-3-5-8(9-2)6-4-7;1-7-4-2-3-5-8(7)6-9;/h4,6-9H,5H2,1-3H3;2*4-7H,3H2,1-2H3;3-7H,1H2,2H3;3-6H,1H3;2-5H,1H3;1H4/b6-4+;;;;;;. The van der Waals surface area contributed by atoms with Crippen LogP contribution in [0.5, 0.6) is 0 Å². The van der Waals surface area contributed by atoms with Crippen molar-refractivity contribution in [1.29, 1.82) is 5.26 Å². The van der Waals surface area contributed by atoms with Gasteiger partial charge >= 0.3 is 17.9 Å². The first-order chi connectivity index (χ1) is 31.6. The van der Waals surface area contributed by atoms with Crippen LogP contribution in [0.4, 0.5) is 5.69 Å². The number of aryl methyl sites for hydroxylation is 5. The van der Waals surface area contributed by atoms with Gasteiger partial charge in [0, 0.05) is 0 Å². The van der Waals surface area contributed by atoms with Crippen molar-refractivity contribution in [2.24, 2.45) is 0 Å². The number of carbonyl (C=O) groups excluding carboxylic acids is 3. The smallest absolute Gasteiger partial charge is 0.338 e. The van der Waals surface area contributed by atoms with E-state index in [1.165, 1.54) is 11.1 Å². The molecule has 6 aromatic carbocycles. The zero-order valence-electron chi connectivity index (χ0n) is 40.2. The van der Waals surface area contributed by atoms with Gasteiger partial charge in [0.2, 0.25) is 0 Å². The number of allylic oxidation sites excluding steroid dienone is 2. The van der Waals surface area contributed by atoms with Crippen molar-refractivity contribution in [3.8, 4) is 6.07 Å². The molecular weight excluding hydrogens is 833 g/mol. The van der Waals surface area contributed by atoms with E-state index >= 15 is 0 Å². The van der Waals surface area contributed by atoms with Crippen molar-refractivity contribution in [2.45, 2.75) is 76.7 Å². The maximum absolute atomic E-state index is 11.6. The van der Waals surface area contributed by atoms with Gasteiger partial charge in [0.1, 0.15) is 0 Å². The highest BCUT2D eigenvalue weighted by atomic mass is 16.5. The molecule has 0 fully saturated rings. The Hall–Kier alpha value is -7.81. The van der Waals surface area contributed by atoms with E-state index in [0.717, 1.165) is 39.0 Å². The molecule has 0 aromatic heterocycles. The van der Waals surface area contributed by atoms with Gasteiger partial charge in [-0.15, -0.1) is 0 Å². The highest BCUT2D eigenvalue weighted by Crippen LogP contribution is 2.15. The lowest BCUT2D eigenvalue weighted by Gasteiger charge is -2.06. The molecule has 8 heteroatoms. The van der Waals surface area contributed by atoms with E-state index in [2.05, 4.69) is 29.6 Å². The van der Waals surface area contributed by atoms with Crippen molar-refractivity contribution in [2.75, 3.05) is 19.8 Å². The molecule has 0 spiro atoms. The topological polar surface area (TPSA) is 107 Å². The summed E-state index contributed by atoms with van der Waals surface area (Å²) in [5, 5.41) is 8.47. The van der Waals surface area contributed by atoms with Crippen LogP contribution in [0.1, 0.15) is 118 Å². The first-order valence-electron chi connectivity index (χ1n) is 21.6. The molecule has 0 aliphatic carbocycles. The second-order valence-corrected chi connectivity index (χ2v) is 14.5. The molecular formula is C59H68N2O6. The molecule has 0 heterocycles. The summed E-state index contributed by atoms with van der Waals surface area (Å²) in [7, 11) is 0. The van der Waals surface area contributed by atoms with Gasteiger partial charge in [-0.3, -0.25) is 0 Å². The molecule has 6 aromatic rings. The minimum atomic E-state index is -0.255. The number of esters is 3. The number of benzene rings is 6. The van der Waals surface area contributed by atoms with Gasteiger partial charge < -0.3 is 14.2 Å². The number of carbonyl (C=O) groups is 3. The third-order valence-electron chi connectivity index (χ3n) is 8.84. The van der Waals surface area contributed by atoms with Gasteiger partial charge in [0.25, 0.3) is 0 Å². The highest BCUT2D eigenvalue weighted by molar-refractivity contribution is 5.94. The Bertz CT molecular complexity index is 2510. The van der Waals surface area contributed by atoms with E-state index in [9.17, 15) is 14.4 Å². The van der Waals surface area contributed by atoms with E-state index < -0.39 is 0 Å². The Labute approximate surface area is 401 Å². The number of hydrogen-bond donors (Lipinski definition) is 0. The molecule has 0 unspecified atom stereocenters. The van der Waals surface area contributed by atoms with Crippen molar-refractivity contribution in [3.05, 3.63) is 231 Å². The van der Waals surface area contributed by atoms with Crippen molar-refractivity contribution < 1.29 is 28.6 Å². The molecule has 0 saturated heterocycles. The van der Waals surface area contributed by atoms with Gasteiger partial charge in [0.15, 0.2) is 5.69 Å². The molecule has 0 saturated carbocycles. The Balaban J connectivity index is 0.000000786. The summed E-state index contributed by atoms with van der Waals surface area (Å²) in [5.41, 5.74) is 12.1. The maximum Gasteiger partial charge on any atom is 0.338 e. The van der Waals surface area contributed by atoms with Crippen LogP contribution in [-0.2, 0) is 14.2 Å². The lowest BCUT2D eigenvalue weighted by Crippen LogP contribution is -2.06. The van der Waals surface area contributed by atoms with Crippen LogP contribution in [0.3, 0.4) is 0 Å². The fraction of sp³-hybridized carbons (Fsp3) is 0.237. The highest BCUT2D eigenvalue weighted by Gasteiger charge is 2.10. The van der Waals surface area contributed by atoms with Crippen LogP contribution in [0.2, 0.25) is 0 Å². The largest absolute Gasteiger partial charge is 0.462 e. The zero-order valence-corrected chi connectivity index (χ0v) is 40.2. The average molecular weight is 901 g/mol. The molecule has 0 N–H and O–H groups in total. The fourth-order valence-electron chi connectivity index (χ4n) is 5.31. The number of nitrogens with zero attached hydrogens (tertiary/aromatic N) is 2. The van der Waals surface area contributed by atoms with E-state index in [1.54, 1.807) is 32.0 Å². The summed E-state index contributed by atoms with van der Waals surface area (Å²) in [6, 6.07) is 47.8. The quantitative estimate of drug-likeness (QED) is 0.0850. The minimum absolute atomic E-state index is 0. The molecule has 67 heavy (non-hydrogen) atoms. The molecule has 0 atom stereocenters. The van der Waals surface area contributed by atoms with Crippen molar-refractivity contribution in [1.82, 2.24) is 0 Å². The van der Waals surface area contributed by atoms with Gasteiger partial charge in [-0.05, 0) is 122 Å². The van der Waals surface area contributed by atoms with Crippen molar-refractivity contribution >= 4 is 35.2 Å². The van der Waals surface area contributed by atoms with Crippen LogP contribution in [-0.4, -0.2) is 37.7 Å². The summed E-state index contributed by atoms with van der Waals surface area (Å²) in [6.07, 6.45) is 3.82. The third-order valence-corrected chi connectivity index (χ3v) is 8.84. The number of nitriles is 1. The number of ether oxygens (including phenoxy) is 3. The van der Waals surface area contributed by atoms with Crippen LogP contribution in [0.15, 0.2) is 158 Å². The Morgan fingerprint density at radius 2 is 1.07 bits per heavy atom. The third kappa shape index (κ3) is 24.7. The van der Waals surface area contributed by atoms with Crippen molar-refractivity contribution in [3.63, 3.8) is 0 Å². The summed E-state index contributed by atoms with van der Waals surface area (Å²) in [5.74, 6) is -0.756.